The molecule has 1 aliphatic carbocycles. The average Bonchev–Trinajstić information content (AvgIpc) is 2.89. The quantitative estimate of drug-likeness (QED) is 0.537. The SMILES string of the molecule is CC(C)(C)[Si](OC1CCCCCC1)(c1ccccc1)c1ccccc1. The highest BCUT2D eigenvalue weighted by Crippen LogP contribution is 2.39. The zero-order chi connectivity index (χ0) is 17.8. The van der Waals surface area contributed by atoms with E-state index < -0.39 is 8.32 Å². The molecule has 1 saturated carbocycles. The van der Waals surface area contributed by atoms with E-state index in [-0.39, 0.29) is 5.04 Å². The highest BCUT2D eigenvalue weighted by Gasteiger charge is 2.51. The van der Waals surface area contributed by atoms with Gasteiger partial charge in [-0.25, -0.2) is 0 Å². The molecule has 2 aromatic rings. The van der Waals surface area contributed by atoms with Gasteiger partial charge in [0.1, 0.15) is 0 Å². The molecule has 0 saturated heterocycles. The van der Waals surface area contributed by atoms with Crippen molar-refractivity contribution in [1.82, 2.24) is 0 Å². The lowest BCUT2D eigenvalue weighted by Gasteiger charge is -2.45. The van der Waals surface area contributed by atoms with Gasteiger partial charge in [0.05, 0.1) is 0 Å². The van der Waals surface area contributed by atoms with Crippen molar-refractivity contribution in [3.8, 4) is 0 Å². The van der Waals surface area contributed by atoms with E-state index in [0.717, 1.165) is 0 Å². The fourth-order valence-corrected chi connectivity index (χ4v) is 9.05. The van der Waals surface area contributed by atoms with Crippen LogP contribution in [-0.2, 0) is 4.43 Å². The van der Waals surface area contributed by atoms with Crippen LogP contribution in [0.25, 0.3) is 0 Å². The minimum absolute atomic E-state index is 0.0853. The molecule has 0 atom stereocenters. The van der Waals surface area contributed by atoms with Crippen LogP contribution in [0.5, 0.6) is 0 Å². The molecule has 3 rings (SSSR count). The molecule has 0 bridgehead atoms. The Balaban J connectivity index is 2.11. The Morgan fingerprint density at radius 3 is 1.56 bits per heavy atom. The molecule has 2 heteroatoms. The van der Waals surface area contributed by atoms with Crippen LogP contribution in [0.4, 0.5) is 0 Å². The maximum Gasteiger partial charge on any atom is 0.261 e. The largest absolute Gasteiger partial charge is 0.404 e. The van der Waals surface area contributed by atoms with E-state index in [9.17, 15) is 0 Å². The van der Waals surface area contributed by atoms with Gasteiger partial charge >= 0.3 is 0 Å². The lowest BCUT2D eigenvalue weighted by molar-refractivity contribution is 0.170. The molecule has 0 aromatic heterocycles. The highest BCUT2D eigenvalue weighted by molar-refractivity contribution is 6.99. The zero-order valence-corrected chi connectivity index (χ0v) is 17.0. The predicted octanol–water partition coefficient (Wildman–Crippen LogP) is 5.29. The van der Waals surface area contributed by atoms with E-state index in [2.05, 4.69) is 81.4 Å². The summed E-state index contributed by atoms with van der Waals surface area (Å²) in [6, 6.07) is 22.1. The van der Waals surface area contributed by atoms with E-state index >= 15 is 0 Å². The number of hydrogen-bond donors (Lipinski definition) is 0. The summed E-state index contributed by atoms with van der Waals surface area (Å²) in [6.45, 7) is 7.11. The van der Waals surface area contributed by atoms with E-state index in [0.29, 0.717) is 6.10 Å². The molecule has 25 heavy (non-hydrogen) atoms. The molecule has 0 unspecified atom stereocenters. The maximum absolute atomic E-state index is 7.23. The molecule has 0 spiro atoms. The lowest BCUT2D eigenvalue weighted by Crippen LogP contribution is -2.67. The predicted molar refractivity (Wildman–Crippen MR) is 110 cm³/mol. The van der Waals surface area contributed by atoms with Gasteiger partial charge in [0, 0.05) is 6.10 Å². The Labute approximate surface area is 154 Å². The van der Waals surface area contributed by atoms with Crippen LogP contribution in [0, 0.1) is 0 Å². The summed E-state index contributed by atoms with van der Waals surface area (Å²) in [6.07, 6.45) is 8.16. The van der Waals surface area contributed by atoms with Gasteiger partial charge < -0.3 is 4.43 Å². The second kappa shape index (κ2) is 7.88. The first kappa shape index (κ1) is 18.4. The van der Waals surface area contributed by atoms with Gasteiger partial charge in [0.15, 0.2) is 0 Å². The summed E-state index contributed by atoms with van der Waals surface area (Å²) in [4.78, 5) is 0. The van der Waals surface area contributed by atoms with Gasteiger partial charge in [-0.3, -0.25) is 0 Å². The second-order valence-corrected chi connectivity index (χ2v) is 12.6. The molecule has 0 heterocycles. The van der Waals surface area contributed by atoms with Crippen LogP contribution in [0.1, 0.15) is 59.3 Å². The van der Waals surface area contributed by atoms with Crippen molar-refractivity contribution in [2.45, 2.75) is 70.4 Å². The average molecular weight is 353 g/mol. The second-order valence-electron chi connectivity index (χ2n) is 8.39. The van der Waals surface area contributed by atoms with Crippen molar-refractivity contribution < 1.29 is 4.43 Å². The third kappa shape index (κ3) is 3.90. The van der Waals surface area contributed by atoms with Gasteiger partial charge in [-0.2, -0.15) is 0 Å². The third-order valence-corrected chi connectivity index (χ3v) is 10.7. The third-order valence-electron chi connectivity index (χ3n) is 5.56. The minimum atomic E-state index is -2.36. The molecule has 0 radical (unpaired) electrons. The van der Waals surface area contributed by atoms with Crippen LogP contribution < -0.4 is 10.4 Å². The minimum Gasteiger partial charge on any atom is -0.404 e. The maximum atomic E-state index is 7.23. The Morgan fingerprint density at radius 2 is 1.16 bits per heavy atom. The molecular weight excluding hydrogens is 320 g/mol. The van der Waals surface area contributed by atoms with Crippen LogP contribution in [0.2, 0.25) is 5.04 Å². The summed E-state index contributed by atoms with van der Waals surface area (Å²) in [5.74, 6) is 0. The Hall–Kier alpha value is -1.38. The van der Waals surface area contributed by atoms with Crippen LogP contribution in [0.3, 0.4) is 0 Å². The molecule has 1 fully saturated rings. The standard InChI is InChI=1S/C23H32OSi/c1-23(2,3)25(21-16-10-6-11-17-21,22-18-12-7-13-19-22)24-20-14-8-4-5-9-15-20/h6-7,10-13,16-20H,4-5,8-9,14-15H2,1-3H3. The first-order valence-electron chi connectivity index (χ1n) is 9.83. The Kier molecular flexibility index (Phi) is 5.80. The summed E-state index contributed by atoms with van der Waals surface area (Å²) < 4.78 is 7.23. The first-order valence-corrected chi connectivity index (χ1v) is 11.7. The Morgan fingerprint density at radius 1 is 0.720 bits per heavy atom. The van der Waals surface area contributed by atoms with Crippen molar-refractivity contribution in [3.63, 3.8) is 0 Å². The topological polar surface area (TPSA) is 9.23 Å². The Bertz CT molecular complexity index is 597. The number of hydrogen-bond acceptors (Lipinski definition) is 1. The van der Waals surface area contributed by atoms with Crippen LogP contribution >= 0.6 is 0 Å². The smallest absolute Gasteiger partial charge is 0.261 e. The number of rotatable bonds is 4. The molecule has 2 aromatic carbocycles. The van der Waals surface area contributed by atoms with E-state index in [1.807, 2.05) is 0 Å². The summed E-state index contributed by atoms with van der Waals surface area (Å²) in [5.41, 5.74) is 0. The van der Waals surface area contributed by atoms with Crippen molar-refractivity contribution >= 4 is 18.7 Å². The molecular formula is C23H32OSi. The summed E-state index contributed by atoms with van der Waals surface area (Å²) >= 11 is 0. The highest BCUT2D eigenvalue weighted by atomic mass is 28.4. The van der Waals surface area contributed by atoms with Crippen molar-refractivity contribution in [1.29, 1.82) is 0 Å². The molecule has 0 aliphatic heterocycles. The zero-order valence-electron chi connectivity index (χ0n) is 16.0. The fraction of sp³-hybridized carbons (Fsp3) is 0.478. The van der Waals surface area contributed by atoms with Gasteiger partial charge in [-0.1, -0.05) is 107 Å². The van der Waals surface area contributed by atoms with Crippen molar-refractivity contribution in [2.24, 2.45) is 0 Å². The monoisotopic (exact) mass is 352 g/mol. The molecule has 0 N–H and O–H groups in total. The van der Waals surface area contributed by atoms with Crippen molar-refractivity contribution in [2.75, 3.05) is 0 Å². The first-order chi connectivity index (χ1) is 12.0. The fourth-order valence-electron chi connectivity index (χ4n) is 4.30. The normalized spacial score (nSPS) is 17.2. The lowest BCUT2D eigenvalue weighted by atomic mass is 10.2. The molecule has 0 amide bonds. The van der Waals surface area contributed by atoms with Gasteiger partial charge in [-0.05, 0) is 28.3 Å². The van der Waals surface area contributed by atoms with E-state index in [1.165, 1.54) is 48.9 Å². The van der Waals surface area contributed by atoms with E-state index in [4.69, 9.17) is 4.43 Å². The van der Waals surface area contributed by atoms with Crippen LogP contribution in [-0.4, -0.2) is 14.4 Å². The van der Waals surface area contributed by atoms with Crippen LogP contribution in [0.15, 0.2) is 60.7 Å². The summed E-state index contributed by atoms with van der Waals surface area (Å²) in [7, 11) is -2.36. The van der Waals surface area contributed by atoms with Gasteiger partial charge in [0.2, 0.25) is 0 Å². The molecule has 1 aliphatic rings. The summed E-state index contributed by atoms with van der Waals surface area (Å²) in [5, 5.41) is 2.89. The van der Waals surface area contributed by atoms with Gasteiger partial charge in [-0.15, -0.1) is 0 Å². The van der Waals surface area contributed by atoms with E-state index in [1.54, 1.807) is 0 Å². The van der Waals surface area contributed by atoms with Crippen molar-refractivity contribution in [3.05, 3.63) is 60.7 Å². The number of benzene rings is 2. The molecule has 1 nitrogen and oxygen atoms in total. The van der Waals surface area contributed by atoms with Gasteiger partial charge in [0.25, 0.3) is 8.32 Å². The molecule has 134 valence electrons.